The van der Waals surface area contributed by atoms with E-state index in [9.17, 15) is 4.79 Å². The second-order valence-corrected chi connectivity index (χ2v) is 3.90. The van der Waals surface area contributed by atoms with Crippen molar-refractivity contribution in [1.29, 1.82) is 0 Å². The van der Waals surface area contributed by atoms with Crippen molar-refractivity contribution in [3.8, 4) is 0 Å². The Morgan fingerprint density at radius 2 is 2.38 bits per heavy atom. The van der Waals surface area contributed by atoms with Crippen LogP contribution in [0.15, 0.2) is 0 Å². The Kier molecular flexibility index (Phi) is 2.26. The molecule has 13 heavy (non-hydrogen) atoms. The highest BCUT2D eigenvalue weighted by Gasteiger charge is 2.41. The summed E-state index contributed by atoms with van der Waals surface area (Å²) in [5.41, 5.74) is 0. The summed E-state index contributed by atoms with van der Waals surface area (Å²) < 4.78 is 5.57. The number of amides is 1. The number of ether oxygens (including phenoxy) is 1. The Balaban J connectivity index is 1.86. The largest absolute Gasteiger partial charge is 0.384 e. The molecule has 4 atom stereocenters. The number of hydrogen-bond acceptors (Lipinski definition) is 3. The third kappa shape index (κ3) is 1.69. The fourth-order valence-corrected chi connectivity index (χ4v) is 2.09. The topological polar surface area (TPSA) is 58.6 Å². The minimum Gasteiger partial charge on any atom is -0.384 e. The molecule has 0 spiro atoms. The van der Waals surface area contributed by atoms with Gasteiger partial charge < -0.3 is 15.2 Å². The van der Waals surface area contributed by atoms with E-state index in [1.807, 2.05) is 0 Å². The van der Waals surface area contributed by atoms with Crippen LogP contribution in [0.4, 0.5) is 0 Å². The summed E-state index contributed by atoms with van der Waals surface area (Å²) in [5, 5.41) is 11.8. The summed E-state index contributed by atoms with van der Waals surface area (Å²) in [6, 6.07) is 0.126. The van der Waals surface area contributed by atoms with Crippen LogP contribution >= 0.6 is 0 Å². The lowest BCUT2D eigenvalue weighted by atomic mass is 9.95. The number of hydrogen-bond donors (Lipinski definition) is 2. The smallest absolute Gasteiger partial charge is 0.248 e. The monoisotopic (exact) mass is 185 g/mol. The zero-order valence-corrected chi connectivity index (χ0v) is 7.69. The highest BCUT2D eigenvalue weighted by molar-refractivity contribution is 5.80. The molecule has 0 saturated carbocycles. The van der Waals surface area contributed by atoms with Crippen LogP contribution in [0.2, 0.25) is 0 Å². The van der Waals surface area contributed by atoms with Crippen molar-refractivity contribution >= 4 is 5.91 Å². The lowest BCUT2D eigenvalue weighted by Gasteiger charge is -2.20. The van der Waals surface area contributed by atoms with Gasteiger partial charge in [0.1, 0.15) is 6.10 Å². The molecule has 2 fully saturated rings. The maximum atomic E-state index is 11.2. The molecular weight excluding hydrogens is 170 g/mol. The van der Waals surface area contributed by atoms with E-state index < -0.39 is 6.10 Å². The predicted molar refractivity (Wildman–Crippen MR) is 46.1 cm³/mol. The minimum atomic E-state index is -0.917. The molecular formula is C9H15NO3. The summed E-state index contributed by atoms with van der Waals surface area (Å²) in [6.07, 6.45) is 2.67. The molecule has 4 heteroatoms. The van der Waals surface area contributed by atoms with Crippen LogP contribution in [-0.4, -0.2) is 35.4 Å². The average Bonchev–Trinajstić information content (AvgIpc) is 2.64. The van der Waals surface area contributed by atoms with E-state index in [1.165, 1.54) is 6.92 Å². The van der Waals surface area contributed by atoms with Gasteiger partial charge in [0.2, 0.25) is 5.91 Å². The normalized spacial score (nSPS) is 39.1. The Morgan fingerprint density at radius 3 is 2.85 bits per heavy atom. The van der Waals surface area contributed by atoms with Crippen LogP contribution in [0.1, 0.15) is 26.2 Å². The molecule has 0 aliphatic carbocycles. The van der Waals surface area contributed by atoms with Gasteiger partial charge in [0.05, 0.1) is 18.2 Å². The molecule has 0 radical (unpaired) electrons. The number of carbonyl (C=O) groups excluding carboxylic acids is 1. The Labute approximate surface area is 77.3 Å². The second kappa shape index (κ2) is 3.27. The molecule has 2 bridgehead atoms. The highest BCUT2D eigenvalue weighted by atomic mass is 16.5. The van der Waals surface area contributed by atoms with E-state index in [1.54, 1.807) is 0 Å². The SMILES string of the molecule is C[C@H](O)C(=O)N[C@H]1CC2CCC1O2. The summed E-state index contributed by atoms with van der Waals surface area (Å²) in [6.45, 7) is 1.48. The molecule has 4 nitrogen and oxygen atoms in total. The first-order chi connectivity index (χ1) is 6.16. The van der Waals surface area contributed by atoms with Crippen molar-refractivity contribution in [3.05, 3.63) is 0 Å². The molecule has 2 aliphatic heterocycles. The van der Waals surface area contributed by atoms with Gasteiger partial charge in [0.25, 0.3) is 0 Å². The van der Waals surface area contributed by atoms with Gasteiger partial charge in [0.15, 0.2) is 0 Å². The number of aliphatic hydroxyl groups excluding tert-OH is 1. The molecule has 2 saturated heterocycles. The fraction of sp³-hybridized carbons (Fsp3) is 0.889. The first-order valence-corrected chi connectivity index (χ1v) is 4.80. The first kappa shape index (κ1) is 8.97. The standard InChI is InChI=1S/C9H15NO3/c1-5(11)9(12)10-7-4-6-2-3-8(7)13-6/h5-8,11H,2-4H2,1H3,(H,10,12)/t5-,6?,7-,8?/m0/s1. The van der Waals surface area contributed by atoms with E-state index in [-0.39, 0.29) is 18.1 Å². The lowest BCUT2D eigenvalue weighted by molar-refractivity contribution is -0.129. The average molecular weight is 185 g/mol. The summed E-state index contributed by atoms with van der Waals surface area (Å²) >= 11 is 0. The van der Waals surface area contributed by atoms with E-state index in [0.29, 0.717) is 6.10 Å². The number of carbonyl (C=O) groups is 1. The van der Waals surface area contributed by atoms with Crippen molar-refractivity contribution in [2.75, 3.05) is 0 Å². The summed E-state index contributed by atoms with van der Waals surface area (Å²) in [5.74, 6) is -0.291. The quantitative estimate of drug-likeness (QED) is 0.626. The molecule has 2 unspecified atom stereocenters. The maximum Gasteiger partial charge on any atom is 0.248 e. The van der Waals surface area contributed by atoms with Gasteiger partial charge in [-0.1, -0.05) is 0 Å². The van der Waals surface area contributed by atoms with Gasteiger partial charge in [-0.15, -0.1) is 0 Å². The summed E-state index contributed by atoms with van der Waals surface area (Å²) in [4.78, 5) is 11.2. The maximum absolute atomic E-state index is 11.2. The van der Waals surface area contributed by atoms with Gasteiger partial charge in [0, 0.05) is 0 Å². The van der Waals surface area contributed by atoms with E-state index >= 15 is 0 Å². The molecule has 2 heterocycles. The Bertz CT molecular complexity index is 217. The third-order valence-corrected chi connectivity index (χ3v) is 2.81. The van der Waals surface area contributed by atoms with Gasteiger partial charge in [-0.25, -0.2) is 0 Å². The Morgan fingerprint density at radius 1 is 1.62 bits per heavy atom. The van der Waals surface area contributed by atoms with E-state index in [2.05, 4.69) is 5.32 Å². The molecule has 2 aliphatic rings. The molecule has 74 valence electrons. The number of nitrogens with one attached hydrogen (secondary N) is 1. The Hall–Kier alpha value is -0.610. The molecule has 2 N–H and O–H groups in total. The van der Waals surface area contributed by atoms with Gasteiger partial charge in [-0.05, 0) is 26.2 Å². The van der Waals surface area contributed by atoms with Crippen LogP contribution in [-0.2, 0) is 9.53 Å². The molecule has 0 aromatic heterocycles. The van der Waals surface area contributed by atoms with Crippen LogP contribution < -0.4 is 5.32 Å². The molecule has 0 aromatic rings. The van der Waals surface area contributed by atoms with Gasteiger partial charge >= 0.3 is 0 Å². The van der Waals surface area contributed by atoms with Crippen molar-refractivity contribution < 1.29 is 14.6 Å². The number of rotatable bonds is 2. The van der Waals surface area contributed by atoms with E-state index in [4.69, 9.17) is 9.84 Å². The predicted octanol–water partition coefficient (Wildman–Crippen LogP) is -0.197. The van der Waals surface area contributed by atoms with Crippen molar-refractivity contribution in [2.24, 2.45) is 0 Å². The zero-order valence-electron chi connectivity index (χ0n) is 7.69. The molecule has 2 rings (SSSR count). The van der Waals surface area contributed by atoms with Crippen molar-refractivity contribution in [1.82, 2.24) is 5.32 Å². The van der Waals surface area contributed by atoms with Crippen LogP contribution in [0.5, 0.6) is 0 Å². The molecule has 0 aromatic carbocycles. The van der Waals surface area contributed by atoms with Crippen LogP contribution in [0.3, 0.4) is 0 Å². The van der Waals surface area contributed by atoms with Crippen LogP contribution in [0.25, 0.3) is 0 Å². The third-order valence-electron chi connectivity index (χ3n) is 2.81. The fourth-order valence-electron chi connectivity index (χ4n) is 2.09. The van der Waals surface area contributed by atoms with Crippen molar-refractivity contribution in [3.63, 3.8) is 0 Å². The zero-order chi connectivity index (χ0) is 9.42. The molecule has 1 amide bonds. The second-order valence-electron chi connectivity index (χ2n) is 3.90. The van der Waals surface area contributed by atoms with E-state index in [0.717, 1.165) is 19.3 Å². The van der Waals surface area contributed by atoms with Crippen molar-refractivity contribution in [2.45, 2.75) is 50.5 Å². The van der Waals surface area contributed by atoms with Gasteiger partial charge in [-0.2, -0.15) is 0 Å². The van der Waals surface area contributed by atoms with Crippen LogP contribution in [0, 0.1) is 0 Å². The van der Waals surface area contributed by atoms with Gasteiger partial charge in [-0.3, -0.25) is 4.79 Å². The first-order valence-electron chi connectivity index (χ1n) is 4.80. The minimum absolute atomic E-state index is 0.126. The summed E-state index contributed by atoms with van der Waals surface area (Å²) in [7, 11) is 0. The number of aliphatic hydroxyl groups is 1. The lowest BCUT2D eigenvalue weighted by Crippen LogP contribution is -2.45. The number of fused-ring (bicyclic) bond motifs is 2. The highest BCUT2D eigenvalue weighted by Crippen LogP contribution is 2.34.